The summed E-state index contributed by atoms with van der Waals surface area (Å²) in [6, 6.07) is 5.22. The van der Waals surface area contributed by atoms with Crippen LogP contribution in [0.2, 0.25) is 0 Å². The summed E-state index contributed by atoms with van der Waals surface area (Å²) in [4.78, 5) is 0.416. The molecule has 2 unspecified atom stereocenters. The van der Waals surface area contributed by atoms with Gasteiger partial charge in [-0.15, -0.1) is 0 Å². The smallest absolute Gasteiger partial charge is 0.181 e. The molecular formula is C11H15NO2S. The Morgan fingerprint density at radius 3 is 2.73 bits per heavy atom. The Kier molecular flexibility index (Phi) is 2.35. The maximum absolute atomic E-state index is 12.0. The van der Waals surface area contributed by atoms with Gasteiger partial charge in [0.05, 0.1) is 10.1 Å². The largest absolute Gasteiger partial charge is 0.324 e. The summed E-state index contributed by atoms with van der Waals surface area (Å²) in [7, 11) is -3.15. The van der Waals surface area contributed by atoms with E-state index in [2.05, 4.69) is 0 Å². The molecule has 0 amide bonds. The monoisotopic (exact) mass is 225 g/mol. The molecule has 1 aromatic rings. The van der Waals surface area contributed by atoms with E-state index in [1.54, 1.807) is 13.0 Å². The summed E-state index contributed by atoms with van der Waals surface area (Å²) in [6.45, 7) is 3.66. The summed E-state index contributed by atoms with van der Waals surface area (Å²) < 4.78 is 24.0. The highest BCUT2D eigenvalue weighted by atomic mass is 32.2. The van der Waals surface area contributed by atoms with Crippen LogP contribution in [0.25, 0.3) is 0 Å². The van der Waals surface area contributed by atoms with Crippen molar-refractivity contribution in [2.45, 2.75) is 36.5 Å². The van der Waals surface area contributed by atoms with Crippen LogP contribution < -0.4 is 5.73 Å². The van der Waals surface area contributed by atoms with Crippen LogP contribution >= 0.6 is 0 Å². The summed E-state index contributed by atoms with van der Waals surface area (Å²) in [5, 5.41) is -0.372. The highest BCUT2D eigenvalue weighted by Gasteiger charge is 2.34. The number of hydrogen-bond donors (Lipinski definition) is 1. The Morgan fingerprint density at radius 2 is 2.07 bits per heavy atom. The molecule has 0 aromatic heterocycles. The second kappa shape index (κ2) is 3.32. The first-order valence-corrected chi connectivity index (χ1v) is 6.57. The molecule has 2 N–H and O–H groups in total. The normalized spacial score (nSPS) is 28.5. The van der Waals surface area contributed by atoms with Crippen LogP contribution in [0.5, 0.6) is 0 Å². The van der Waals surface area contributed by atoms with Gasteiger partial charge < -0.3 is 5.73 Å². The Bertz CT molecular complexity index is 493. The van der Waals surface area contributed by atoms with Crippen molar-refractivity contribution in [1.82, 2.24) is 0 Å². The molecule has 15 heavy (non-hydrogen) atoms. The number of benzene rings is 1. The van der Waals surface area contributed by atoms with Crippen molar-refractivity contribution in [2.24, 2.45) is 5.73 Å². The molecule has 4 heteroatoms. The van der Waals surface area contributed by atoms with Crippen LogP contribution in [-0.4, -0.2) is 13.7 Å². The molecule has 0 fully saturated rings. The minimum absolute atomic E-state index is 0.154. The molecule has 0 aliphatic carbocycles. The third-order valence-corrected chi connectivity index (χ3v) is 5.22. The molecule has 1 aromatic carbocycles. The standard InChI is InChI=1S/C11H15NO2S/c1-7-3-4-11-9(5-7)10(12)6-8(2)15(11,13)14/h3-5,8,10H,6,12H2,1-2H3. The molecule has 0 saturated heterocycles. The topological polar surface area (TPSA) is 60.2 Å². The quantitative estimate of drug-likeness (QED) is 0.729. The molecule has 0 saturated carbocycles. The summed E-state index contributed by atoms with van der Waals surface area (Å²) in [5.41, 5.74) is 7.78. The molecule has 1 aliphatic rings. The van der Waals surface area contributed by atoms with E-state index in [0.717, 1.165) is 11.1 Å². The molecule has 2 rings (SSSR count). The molecule has 1 aliphatic heterocycles. The highest BCUT2D eigenvalue weighted by molar-refractivity contribution is 7.92. The van der Waals surface area contributed by atoms with Crippen molar-refractivity contribution in [3.63, 3.8) is 0 Å². The number of fused-ring (bicyclic) bond motifs is 1. The van der Waals surface area contributed by atoms with Gasteiger partial charge in [-0.1, -0.05) is 17.7 Å². The maximum Gasteiger partial charge on any atom is 0.181 e. The van der Waals surface area contributed by atoms with Crippen LogP contribution in [0.3, 0.4) is 0 Å². The number of rotatable bonds is 0. The first-order valence-electron chi connectivity index (χ1n) is 5.03. The Labute approximate surface area is 90.2 Å². The average molecular weight is 225 g/mol. The lowest BCUT2D eigenvalue weighted by molar-refractivity contribution is 0.537. The van der Waals surface area contributed by atoms with Gasteiger partial charge in [-0.3, -0.25) is 0 Å². The van der Waals surface area contributed by atoms with Gasteiger partial charge in [0.2, 0.25) is 0 Å². The minimum Gasteiger partial charge on any atom is -0.324 e. The van der Waals surface area contributed by atoms with Gasteiger partial charge in [0, 0.05) is 6.04 Å². The van der Waals surface area contributed by atoms with Crippen molar-refractivity contribution < 1.29 is 8.42 Å². The fraction of sp³-hybridized carbons (Fsp3) is 0.455. The lowest BCUT2D eigenvalue weighted by Crippen LogP contribution is -2.31. The minimum atomic E-state index is -3.15. The third-order valence-electron chi connectivity index (χ3n) is 2.99. The summed E-state index contributed by atoms with van der Waals surface area (Å²) in [5.74, 6) is 0. The highest BCUT2D eigenvalue weighted by Crippen LogP contribution is 2.35. The van der Waals surface area contributed by atoms with Crippen molar-refractivity contribution in [3.8, 4) is 0 Å². The van der Waals surface area contributed by atoms with Gasteiger partial charge in [-0.05, 0) is 31.9 Å². The predicted octanol–water partition coefficient (Wildman–Crippen LogP) is 1.56. The molecule has 3 nitrogen and oxygen atoms in total. The zero-order valence-electron chi connectivity index (χ0n) is 8.90. The molecule has 82 valence electrons. The molecular weight excluding hydrogens is 210 g/mol. The van der Waals surface area contributed by atoms with Crippen LogP contribution in [0, 0.1) is 6.92 Å². The fourth-order valence-electron chi connectivity index (χ4n) is 2.04. The van der Waals surface area contributed by atoms with E-state index >= 15 is 0 Å². The van der Waals surface area contributed by atoms with E-state index in [9.17, 15) is 8.42 Å². The van der Waals surface area contributed by atoms with E-state index < -0.39 is 9.84 Å². The maximum atomic E-state index is 12.0. The Morgan fingerprint density at radius 1 is 1.40 bits per heavy atom. The number of nitrogens with two attached hydrogens (primary N) is 1. The average Bonchev–Trinajstić information content (AvgIpc) is 2.15. The second-order valence-corrected chi connectivity index (χ2v) is 6.57. The first kappa shape index (κ1) is 10.6. The lowest BCUT2D eigenvalue weighted by Gasteiger charge is -2.27. The van der Waals surface area contributed by atoms with E-state index in [0.29, 0.717) is 11.3 Å². The molecule has 2 atom stereocenters. The van der Waals surface area contributed by atoms with E-state index in [-0.39, 0.29) is 11.3 Å². The van der Waals surface area contributed by atoms with Crippen LogP contribution in [0.4, 0.5) is 0 Å². The molecule has 0 radical (unpaired) electrons. The van der Waals surface area contributed by atoms with Gasteiger partial charge in [-0.25, -0.2) is 8.42 Å². The van der Waals surface area contributed by atoms with Gasteiger partial charge in [0.15, 0.2) is 9.84 Å². The van der Waals surface area contributed by atoms with Crippen molar-refractivity contribution in [2.75, 3.05) is 0 Å². The number of sulfone groups is 1. The lowest BCUT2D eigenvalue weighted by atomic mass is 10.0. The SMILES string of the molecule is Cc1ccc2c(c1)C(N)CC(C)S2(=O)=O. The van der Waals surface area contributed by atoms with Crippen molar-refractivity contribution in [3.05, 3.63) is 29.3 Å². The third kappa shape index (κ3) is 1.58. The van der Waals surface area contributed by atoms with E-state index in [1.165, 1.54) is 0 Å². The van der Waals surface area contributed by atoms with Crippen LogP contribution in [0.1, 0.15) is 30.5 Å². The van der Waals surface area contributed by atoms with Gasteiger partial charge in [0.1, 0.15) is 0 Å². The van der Waals surface area contributed by atoms with Gasteiger partial charge >= 0.3 is 0 Å². The fourth-order valence-corrected chi connectivity index (χ4v) is 3.74. The Balaban J connectivity index is 2.70. The predicted molar refractivity (Wildman–Crippen MR) is 59.4 cm³/mol. The number of hydrogen-bond acceptors (Lipinski definition) is 3. The Hall–Kier alpha value is -0.870. The van der Waals surface area contributed by atoms with Crippen LogP contribution in [0.15, 0.2) is 23.1 Å². The first-order chi connectivity index (χ1) is 6.93. The van der Waals surface area contributed by atoms with Crippen LogP contribution in [-0.2, 0) is 9.84 Å². The summed E-state index contributed by atoms with van der Waals surface area (Å²) in [6.07, 6.45) is 0.513. The zero-order valence-corrected chi connectivity index (χ0v) is 9.71. The molecule has 0 spiro atoms. The van der Waals surface area contributed by atoms with Crippen molar-refractivity contribution in [1.29, 1.82) is 0 Å². The zero-order chi connectivity index (χ0) is 11.2. The molecule has 1 heterocycles. The van der Waals surface area contributed by atoms with Gasteiger partial charge in [-0.2, -0.15) is 0 Å². The van der Waals surface area contributed by atoms with E-state index in [1.807, 2.05) is 19.1 Å². The number of aryl methyl sites for hydroxylation is 1. The van der Waals surface area contributed by atoms with Crippen molar-refractivity contribution >= 4 is 9.84 Å². The van der Waals surface area contributed by atoms with E-state index in [4.69, 9.17) is 5.73 Å². The second-order valence-electron chi connectivity index (χ2n) is 4.24. The summed E-state index contributed by atoms with van der Waals surface area (Å²) >= 11 is 0. The van der Waals surface area contributed by atoms with Gasteiger partial charge in [0.25, 0.3) is 0 Å². The molecule has 0 bridgehead atoms.